The summed E-state index contributed by atoms with van der Waals surface area (Å²) >= 11 is 3.31. The third kappa shape index (κ3) is 4.10. The molecular formula is C17H15BrO5. The van der Waals surface area contributed by atoms with Gasteiger partial charge in [0.05, 0.1) is 14.2 Å². The molecule has 5 nitrogen and oxygen atoms in total. The number of methoxy groups -OCH3 is 2. The van der Waals surface area contributed by atoms with E-state index in [1.807, 2.05) is 0 Å². The van der Waals surface area contributed by atoms with Crippen LogP contribution < -0.4 is 9.47 Å². The molecule has 0 atom stereocenters. The molecule has 0 fully saturated rings. The molecule has 0 aliphatic carbocycles. The van der Waals surface area contributed by atoms with Crippen molar-refractivity contribution in [1.29, 1.82) is 0 Å². The maximum atomic E-state index is 11.8. The Morgan fingerprint density at radius 1 is 1.13 bits per heavy atom. The van der Waals surface area contributed by atoms with E-state index >= 15 is 0 Å². The maximum absolute atomic E-state index is 11.8. The number of carbonyl (C=O) groups is 2. The summed E-state index contributed by atoms with van der Waals surface area (Å²) in [4.78, 5) is 22.7. The molecule has 0 bridgehead atoms. The summed E-state index contributed by atoms with van der Waals surface area (Å²) in [5.74, 6) is 0.501. The number of esters is 1. The molecule has 0 radical (unpaired) electrons. The zero-order chi connectivity index (χ0) is 16.8. The molecule has 0 saturated carbocycles. The van der Waals surface area contributed by atoms with Crippen molar-refractivity contribution in [3.8, 4) is 11.5 Å². The molecule has 0 heterocycles. The van der Waals surface area contributed by atoms with Crippen LogP contribution in [0.4, 0.5) is 0 Å². The molecule has 23 heavy (non-hydrogen) atoms. The minimum atomic E-state index is -0.491. The highest BCUT2D eigenvalue weighted by molar-refractivity contribution is 9.10. The fourth-order valence-corrected chi connectivity index (χ4v) is 2.40. The molecule has 2 rings (SSSR count). The molecule has 2 aromatic rings. The van der Waals surface area contributed by atoms with Crippen LogP contribution in [0.3, 0.4) is 0 Å². The molecule has 0 saturated heterocycles. The molecule has 0 aliphatic rings. The van der Waals surface area contributed by atoms with Gasteiger partial charge in [-0.05, 0) is 36.4 Å². The van der Waals surface area contributed by atoms with Crippen LogP contribution in [0.2, 0.25) is 0 Å². The molecule has 120 valence electrons. The number of rotatable bonds is 6. The lowest BCUT2D eigenvalue weighted by Gasteiger charge is -2.13. The molecule has 0 spiro atoms. The van der Waals surface area contributed by atoms with Gasteiger partial charge in [0.1, 0.15) is 30.0 Å². The first-order valence-corrected chi connectivity index (χ1v) is 7.51. The predicted octanol–water partition coefficient (Wildman–Crippen LogP) is 3.64. The van der Waals surface area contributed by atoms with E-state index in [4.69, 9.17) is 14.2 Å². The molecule has 0 aromatic heterocycles. The highest BCUT2D eigenvalue weighted by atomic mass is 79.9. The Kier molecular flexibility index (Phi) is 5.76. The van der Waals surface area contributed by atoms with Gasteiger partial charge in [0.2, 0.25) is 0 Å². The topological polar surface area (TPSA) is 61.8 Å². The average molecular weight is 379 g/mol. The number of hydrogen-bond donors (Lipinski definition) is 0. The minimum Gasteiger partial charge on any atom is -0.496 e. The summed E-state index contributed by atoms with van der Waals surface area (Å²) < 4.78 is 16.5. The third-order valence-corrected chi connectivity index (χ3v) is 3.66. The van der Waals surface area contributed by atoms with Gasteiger partial charge in [-0.25, -0.2) is 4.79 Å². The zero-order valence-electron chi connectivity index (χ0n) is 12.7. The molecular weight excluding hydrogens is 364 g/mol. The van der Waals surface area contributed by atoms with Crippen LogP contribution in [0.15, 0.2) is 40.9 Å². The van der Waals surface area contributed by atoms with Crippen molar-refractivity contribution in [2.45, 2.75) is 6.61 Å². The highest BCUT2D eigenvalue weighted by Crippen LogP contribution is 2.27. The second-order valence-corrected chi connectivity index (χ2v) is 5.53. The Labute approximate surface area is 142 Å². The second-order valence-electron chi connectivity index (χ2n) is 4.61. The lowest BCUT2D eigenvalue weighted by molar-refractivity contribution is 0.0595. The van der Waals surface area contributed by atoms with Gasteiger partial charge in [0.15, 0.2) is 0 Å². The van der Waals surface area contributed by atoms with E-state index in [2.05, 4.69) is 15.9 Å². The van der Waals surface area contributed by atoms with Crippen molar-refractivity contribution in [3.05, 3.63) is 57.6 Å². The highest BCUT2D eigenvalue weighted by Gasteiger charge is 2.14. The Morgan fingerprint density at radius 2 is 1.87 bits per heavy atom. The zero-order valence-corrected chi connectivity index (χ0v) is 14.3. The van der Waals surface area contributed by atoms with Gasteiger partial charge >= 0.3 is 5.97 Å². The van der Waals surface area contributed by atoms with Crippen LogP contribution in [0.1, 0.15) is 26.3 Å². The normalized spacial score (nSPS) is 10.0. The van der Waals surface area contributed by atoms with Crippen LogP contribution in [-0.2, 0) is 11.3 Å². The van der Waals surface area contributed by atoms with Crippen LogP contribution in [0.5, 0.6) is 11.5 Å². The van der Waals surface area contributed by atoms with E-state index in [0.717, 1.165) is 10.8 Å². The Bertz CT molecular complexity index is 727. The Morgan fingerprint density at radius 3 is 2.52 bits per heavy atom. The SMILES string of the molecule is COC(=O)c1cc(Br)ccc1OCc1cc(C=O)ccc1OC. The minimum absolute atomic E-state index is 0.149. The summed E-state index contributed by atoms with van der Waals surface area (Å²) in [6.07, 6.45) is 0.752. The molecule has 0 N–H and O–H groups in total. The van der Waals surface area contributed by atoms with Crippen molar-refractivity contribution in [2.75, 3.05) is 14.2 Å². The van der Waals surface area contributed by atoms with Crippen LogP contribution in [0.25, 0.3) is 0 Å². The van der Waals surface area contributed by atoms with Crippen molar-refractivity contribution in [1.82, 2.24) is 0 Å². The number of hydrogen-bond acceptors (Lipinski definition) is 5. The smallest absolute Gasteiger partial charge is 0.341 e. The van der Waals surface area contributed by atoms with Crippen molar-refractivity contribution in [2.24, 2.45) is 0 Å². The lowest BCUT2D eigenvalue weighted by atomic mass is 10.1. The fraction of sp³-hybridized carbons (Fsp3) is 0.176. The number of carbonyl (C=O) groups excluding carboxylic acids is 2. The van der Waals surface area contributed by atoms with Gasteiger partial charge in [-0.2, -0.15) is 0 Å². The quantitative estimate of drug-likeness (QED) is 0.567. The van der Waals surface area contributed by atoms with Crippen LogP contribution >= 0.6 is 15.9 Å². The van der Waals surface area contributed by atoms with Gasteiger partial charge in [-0.15, -0.1) is 0 Å². The first-order valence-electron chi connectivity index (χ1n) is 6.71. The Balaban J connectivity index is 2.27. The van der Waals surface area contributed by atoms with E-state index in [0.29, 0.717) is 28.2 Å². The van der Waals surface area contributed by atoms with E-state index in [1.54, 1.807) is 43.5 Å². The van der Waals surface area contributed by atoms with E-state index in [-0.39, 0.29) is 6.61 Å². The van der Waals surface area contributed by atoms with E-state index in [9.17, 15) is 9.59 Å². The molecule has 0 amide bonds. The number of halogens is 1. The Hall–Kier alpha value is -2.34. The van der Waals surface area contributed by atoms with Gasteiger partial charge < -0.3 is 14.2 Å². The summed E-state index contributed by atoms with van der Waals surface area (Å²) in [6, 6.07) is 10.1. The van der Waals surface area contributed by atoms with Gasteiger partial charge in [0, 0.05) is 15.6 Å². The van der Waals surface area contributed by atoms with Crippen LogP contribution in [-0.4, -0.2) is 26.5 Å². The van der Waals surface area contributed by atoms with Crippen LogP contribution in [0, 0.1) is 0 Å². The summed E-state index contributed by atoms with van der Waals surface area (Å²) in [5.41, 5.74) is 1.54. The fourth-order valence-electron chi connectivity index (χ4n) is 2.04. The second kappa shape index (κ2) is 7.78. The van der Waals surface area contributed by atoms with Gasteiger partial charge in [-0.3, -0.25) is 4.79 Å². The van der Waals surface area contributed by atoms with Crippen molar-refractivity contribution >= 4 is 28.2 Å². The lowest BCUT2D eigenvalue weighted by Crippen LogP contribution is -2.07. The molecule has 0 unspecified atom stereocenters. The molecule has 2 aromatic carbocycles. The van der Waals surface area contributed by atoms with E-state index < -0.39 is 5.97 Å². The monoisotopic (exact) mass is 378 g/mol. The summed E-state index contributed by atoms with van der Waals surface area (Å²) in [5, 5.41) is 0. The standard InChI is InChI=1S/C17H15BrO5/c1-21-15-5-3-11(9-19)7-12(15)10-23-16-6-4-13(18)8-14(16)17(20)22-2/h3-9H,10H2,1-2H3. The summed E-state index contributed by atoms with van der Waals surface area (Å²) in [7, 11) is 2.85. The average Bonchev–Trinajstić information content (AvgIpc) is 2.59. The third-order valence-electron chi connectivity index (χ3n) is 3.17. The summed E-state index contributed by atoms with van der Waals surface area (Å²) in [6.45, 7) is 0.149. The first-order chi connectivity index (χ1) is 11.1. The molecule has 6 heteroatoms. The van der Waals surface area contributed by atoms with Crippen molar-refractivity contribution < 1.29 is 23.8 Å². The number of aldehydes is 1. The number of ether oxygens (including phenoxy) is 3. The molecule has 0 aliphatic heterocycles. The van der Waals surface area contributed by atoms with Gasteiger partial charge in [0.25, 0.3) is 0 Å². The predicted molar refractivity (Wildman–Crippen MR) is 88.2 cm³/mol. The largest absolute Gasteiger partial charge is 0.496 e. The maximum Gasteiger partial charge on any atom is 0.341 e. The van der Waals surface area contributed by atoms with Crippen molar-refractivity contribution in [3.63, 3.8) is 0 Å². The van der Waals surface area contributed by atoms with E-state index in [1.165, 1.54) is 7.11 Å². The number of benzene rings is 2. The first kappa shape index (κ1) is 17.0. The van der Waals surface area contributed by atoms with Gasteiger partial charge in [-0.1, -0.05) is 15.9 Å².